The van der Waals surface area contributed by atoms with Crippen LogP contribution in [0.3, 0.4) is 0 Å². The van der Waals surface area contributed by atoms with Crippen LogP contribution in [0.2, 0.25) is 10.0 Å². The molecule has 0 N–H and O–H groups in total. The van der Waals surface area contributed by atoms with Crippen molar-refractivity contribution in [2.24, 2.45) is 7.05 Å². The Morgan fingerprint density at radius 1 is 1.22 bits per heavy atom. The Bertz CT molecular complexity index is 946. The van der Waals surface area contributed by atoms with Gasteiger partial charge in [-0.2, -0.15) is 10.2 Å². The Balaban J connectivity index is 1.64. The minimum absolute atomic E-state index is 0.0855. The summed E-state index contributed by atoms with van der Waals surface area (Å²) in [5, 5.41) is 9.39. The van der Waals surface area contributed by atoms with E-state index >= 15 is 0 Å². The highest BCUT2D eigenvalue weighted by Crippen LogP contribution is 2.32. The Kier molecular flexibility index (Phi) is 5.72. The number of hydrogen-bond donors (Lipinski definition) is 0. The molecule has 0 bridgehead atoms. The molecule has 0 aliphatic carbocycles. The number of benzene rings is 1. The third kappa shape index (κ3) is 4.43. The molecule has 3 aromatic rings. The molecule has 0 radical (unpaired) electrons. The lowest BCUT2D eigenvalue weighted by atomic mass is 10.2. The molecule has 0 atom stereocenters. The molecular formula is C18H19Cl2N5O2. The van der Waals surface area contributed by atoms with Gasteiger partial charge in [0.25, 0.3) is 5.91 Å². The molecule has 0 saturated heterocycles. The smallest absolute Gasteiger partial charge is 0.274 e. The van der Waals surface area contributed by atoms with E-state index in [9.17, 15) is 4.79 Å². The van der Waals surface area contributed by atoms with Crippen LogP contribution in [0.4, 0.5) is 0 Å². The van der Waals surface area contributed by atoms with E-state index in [1.165, 1.54) is 4.68 Å². The summed E-state index contributed by atoms with van der Waals surface area (Å²) in [6.45, 7) is 2.46. The molecule has 0 spiro atoms. The van der Waals surface area contributed by atoms with E-state index in [0.717, 1.165) is 11.3 Å². The topological polar surface area (TPSA) is 65.2 Å². The van der Waals surface area contributed by atoms with E-state index in [-0.39, 0.29) is 12.6 Å². The third-order valence-corrected chi connectivity index (χ3v) is 4.58. The highest BCUT2D eigenvalue weighted by molar-refractivity contribution is 6.37. The third-order valence-electron chi connectivity index (χ3n) is 3.99. The Labute approximate surface area is 167 Å². The molecule has 1 amide bonds. The van der Waals surface area contributed by atoms with Crippen LogP contribution >= 0.6 is 23.2 Å². The fraction of sp³-hybridized carbons (Fsp3) is 0.278. The van der Waals surface area contributed by atoms with E-state index in [1.54, 1.807) is 47.1 Å². The van der Waals surface area contributed by atoms with Gasteiger partial charge in [-0.3, -0.25) is 9.48 Å². The minimum Gasteiger partial charge on any atom is -0.468 e. The van der Waals surface area contributed by atoms with Crippen LogP contribution in [0.1, 0.15) is 21.7 Å². The molecule has 9 heteroatoms. The van der Waals surface area contributed by atoms with Crippen LogP contribution in [-0.2, 0) is 20.3 Å². The van der Waals surface area contributed by atoms with Crippen LogP contribution in [0.15, 0.2) is 36.7 Å². The number of amides is 1. The minimum atomic E-state index is -0.187. The standard InChI is InChI=1S/C18H19Cl2N5O2/c1-12-13(10-24(3)21-12)9-23(2)18(26)16-7-8-25(22-16)11-27-17-14(19)5-4-6-15(17)20/h4-8,10H,9,11H2,1-3H3. The average molecular weight is 408 g/mol. The lowest BCUT2D eigenvalue weighted by Gasteiger charge is -2.15. The number of rotatable bonds is 6. The quantitative estimate of drug-likeness (QED) is 0.626. The number of carbonyl (C=O) groups is 1. The average Bonchev–Trinajstić information content (AvgIpc) is 3.20. The lowest BCUT2D eigenvalue weighted by molar-refractivity contribution is 0.0777. The van der Waals surface area contributed by atoms with Gasteiger partial charge in [0.05, 0.1) is 15.7 Å². The van der Waals surface area contributed by atoms with Gasteiger partial charge < -0.3 is 9.64 Å². The zero-order valence-corrected chi connectivity index (χ0v) is 16.7. The van der Waals surface area contributed by atoms with Gasteiger partial charge in [-0.1, -0.05) is 29.3 Å². The zero-order chi connectivity index (χ0) is 19.6. The summed E-state index contributed by atoms with van der Waals surface area (Å²) in [6, 6.07) is 6.76. The second-order valence-corrected chi connectivity index (χ2v) is 6.95. The SMILES string of the molecule is Cc1nn(C)cc1CN(C)C(=O)c1ccn(COc2c(Cl)cccc2Cl)n1. The van der Waals surface area contributed by atoms with Crippen molar-refractivity contribution in [2.45, 2.75) is 20.2 Å². The van der Waals surface area contributed by atoms with Crippen molar-refractivity contribution in [3.8, 4) is 5.75 Å². The summed E-state index contributed by atoms with van der Waals surface area (Å²) in [6.07, 6.45) is 3.57. The summed E-state index contributed by atoms with van der Waals surface area (Å²) in [5.74, 6) is 0.196. The van der Waals surface area contributed by atoms with Gasteiger partial charge in [-0.05, 0) is 25.1 Å². The molecule has 0 aliphatic rings. The van der Waals surface area contributed by atoms with Gasteiger partial charge in [0.2, 0.25) is 0 Å². The highest BCUT2D eigenvalue weighted by atomic mass is 35.5. The maximum atomic E-state index is 12.6. The molecule has 3 rings (SSSR count). The van der Waals surface area contributed by atoms with Crippen LogP contribution in [0.25, 0.3) is 0 Å². The number of halogens is 2. The summed E-state index contributed by atoms with van der Waals surface area (Å²) in [7, 11) is 3.58. The molecule has 7 nitrogen and oxygen atoms in total. The molecule has 2 heterocycles. The van der Waals surface area contributed by atoms with Crippen molar-refractivity contribution in [3.63, 3.8) is 0 Å². The molecule has 27 heavy (non-hydrogen) atoms. The number of carbonyl (C=O) groups excluding carboxylic acids is 1. The van der Waals surface area contributed by atoms with Gasteiger partial charge >= 0.3 is 0 Å². The summed E-state index contributed by atoms with van der Waals surface area (Å²) >= 11 is 12.2. The summed E-state index contributed by atoms with van der Waals surface area (Å²) in [5.41, 5.74) is 2.21. The molecule has 2 aromatic heterocycles. The zero-order valence-electron chi connectivity index (χ0n) is 15.2. The van der Waals surface area contributed by atoms with E-state index in [1.807, 2.05) is 20.2 Å². The number of para-hydroxylation sites is 1. The van der Waals surface area contributed by atoms with Crippen LogP contribution < -0.4 is 4.74 Å². The normalized spacial score (nSPS) is 10.9. The fourth-order valence-corrected chi connectivity index (χ4v) is 3.13. The first-order chi connectivity index (χ1) is 12.8. The molecule has 0 fully saturated rings. The fourth-order valence-electron chi connectivity index (χ4n) is 2.63. The number of ether oxygens (including phenoxy) is 1. The van der Waals surface area contributed by atoms with Crippen molar-refractivity contribution in [1.29, 1.82) is 0 Å². The predicted molar refractivity (Wildman–Crippen MR) is 103 cm³/mol. The maximum absolute atomic E-state index is 12.6. The van der Waals surface area contributed by atoms with Crippen molar-refractivity contribution < 1.29 is 9.53 Å². The van der Waals surface area contributed by atoms with E-state index in [0.29, 0.717) is 28.0 Å². The first kappa shape index (κ1) is 19.3. The Morgan fingerprint density at radius 3 is 2.56 bits per heavy atom. The number of aryl methyl sites for hydroxylation is 2. The van der Waals surface area contributed by atoms with Gasteiger partial charge in [0.1, 0.15) is 0 Å². The number of aromatic nitrogens is 4. The Hall–Kier alpha value is -2.51. The van der Waals surface area contributed by atoms with E-state index in [2.05, 4.69) is 10.2 Å². The largest absolute Gasteiger partial charge is 0.468 e. The van der Waals surface area contributed by atoms with Crippen LogP contribution in [0, 0.1) is 6.92 Å². The predicted octanol–water partition coefficient (Wildman–Crippen LogP) is 3.54. The molecule has 0 unspecified atom stereocenters. The van der Waals surface area contributed by atoms with Gasteiger partial charge in [0.15, 0.2) is 18.2 Å². The maximum Gasteiger partial charge on any atom is 0.274 e. The first-order valence-corrected chi connectivity index (χ1v) is 8.95. The van der Waals surface area contributed by atoms with Crippen LogP contribution in [-0.4, -0.2) is 37.4 Å². The van der Waals surface area contributed by atoms with Gasteiger partial charge in [0, 0.05) is 38.6 Å². The molecule has 0 saturated carbocycles. The first-order valence-electron chi connectivity index (χ1n) is 8.20. The van der Waals surface area contributed by atoms with Crippen molar-refractivity contribution >= 4 is 29.1 Å². The van der Waals surface area contributed by atoms with Crippen LogP contribution in [0.5, 0.6) is 5.75 Å². The monoisotopic (exact) mass is 407 g/mol. The summed E-state index contributed by atoms with van der Waals surface area (Å²) < 4.78 is 8.86. The second-order valence-electron chi connectivity index (χ2n) is 6.14. The molecular weight excluding hydrogens is 389 g/mol. The van der Waals surface area contributed by atoms with Crippen molar-refractivity contribution in [1.82, 2.24) is 24.5 Å². The van der Waals surface area contributed by atoms with E-state index in [4.69, 9.17) is 27.9 Å². The van der Waals surface area contributed by atoms with Crippen molar-refractivity contribution in [3.05, 3.63) is 63.7 Å². The van der Waals surface area contributed by atoms with E-state index < -0.39 is 0 Å². The van der Waals surface area contributed by atoms with Gasteiger partial charge in [-0.25, -0.2) is 4.68 Å². The van der Waals surface area contributed by atoms with Crippen molar-refractivity contribution in [2.75, 3.05) is 7.05 Å². The second kappa shape index (κ2) is 8.02. The number of nitrogens with zero attached hydrogens (tertiary/aromatic N) is 5. The summed E-state index contributed by atoms with van der Waals surface area (Å²) in [4.78, 5) is 14.2. The highest BCUT2D eigenvalue weighted by Gasteiger charge is 2.17. The number of hydrogen-bond acceptors (Lipinski definition) is 4. The molecule has 0 aliphatic heterocycles. The molecule has 1 aromatic carbocycles. The molecule has 142 valence electrons. The van der Waals surface area contributed by atoms with Gasteiger partial charge in [-0.15, -0.1) is 0 Å². The lowest BCUT2D eigenvalue weighted by Crippen LogP contribution is -2.27. The Morgan fingerprint density at radius 2 is 1.93 bits per heavy atom.